The molecule has 0 saturated carbocycles. The molecular weight excluding hydrogens is 232 g/mol. The van der Waals surface area contributed by atoms with Crippen LogP contribution >= 0.6 is 0 Å². The molecule has 0 radical (unpaired) electrons. The number of nitrogens with one attached hydrogen (secondary N) is 4. The number of rotatable bonds is 0. The first kappa shape index (κ1) is 9.39. The quantitative estimate of drug-likeness (QED) is 0.369. The zero-order chi connectivity index (χ0) is 12.2. The van der Waals surface area contributed by atoms with E-state index >= 15 is 0 Å². The third-order valence-corrected chi connectivity index (χ3v) is 2.35. The van der Waals surface area contributed by atoms with E-state index in [0.717, 1.165) is 0 Å². The first-order chi connectivity index (χ1) is 8.09. The van der Waals surface area contributed by atoms with Crippen molar-refractivity contribution in [2.24, 2.45) is 0 Å². The topological polar surface area (TPSA) is 145 Å². The van der Waals surface area contributed by atoms with Gasteiger partial charge in [0.05, 0.1) is 0 Å². The molecular formula is C8H4N4O5. The summed E-state index contributed by atoms with van der Waals surface area (Å²) in [6, 6.07) is 0. The molecule has 86 valence electrons. The van der Waals surface area contributed by atoms with Crippen molar-refractivity contribution in [3.8, 4) is 0 Å². The predicted octanol–water partition coefficient (Wildman–Crippen LogP) is -1.66. The van der Waals surface area contributed by atoms with Gasteiger partial charge in [-0.2, -0.15) is 0 Å². The van der Waals surface area contributed by atoms with E-state index in [4.69, 9.17) is 4.42 Å². The average Bonchev–Trinajstić information content (AvgIpc) is 2.71. The normalized spacial score (nSPS) is 11.3. The Kier molecular flexibility index (Phi) is 1.57. The van der Waals surface area contributed by atoms with E-state index in [9.17, 15) is 19.2 Å². The van der Waals surface area contributed by atoms with Gasteiger partial charge in [0.1, 0.15) is 10.8 Å². The van der Waals surface area contributed by atoms with Crippen LogP contribution in [0.5, 0.6) is 0 Å². The number of H-pyrrole nitrogens is 4. The molecule has 0 aliphatic heterocycles. The molecule has 3 heterocycles. The first-order valence-electron chi connectivity index (χ1n) is 4.47. The van der Waals surface area contributed by atoms with E-state index in [1.807, 2.05) is 20.4 Å². The Hall–Kier alpha value is -2.84. The van der Waals surface area contributed by atoms with Crippen LogP contribution in [0.4, 0.5) is 0 Å². The zero-order valence-electron chi connectivity index (χ0n) is 8.04. The van der Waals surface area contributed by atoms with E-state index in [2.05, 4.69) is 0 Å². The minimum Gasteiger partial charge on any atom is -0.444 e. The van der Waals surface area contributed by atoms with Gasteiger partial charge in [0.25, 0.3) is 11.1 Å². The summed E-state index contributed by atoms with van der Waals surface area (Å²) in [5.74, 6) is 0. The number of hydrogen-bond donors (Lipinski definition) is 4. The second-order valence-corrected chi connectivity index (χ2v) is 3.33. The van der Waals surface area contributed by atoms with Crippen molar-refractivity contribution in [3.05, 3.63) is 41.4 Å². The molecule has 0 atom stereocenters. The van der Waals surface area contributed by atoms with Crippen molar-refractivity contribution >= 4 is 21.9 Å². The van der Waals surface area contributed by atoms with Crippen LogP contribution < -0.4 is 22.2 Å². The van der Waals surface area contributed by atoms with Crippen LogP contribution in [0.1, 0.15) is 0 Å². The van der Waals surface area contributed by atoms with Crippen LogP contribution in [0, 0.1) is 0 Å². The zero-order valence-corrected chi connectivity index (χ0v) is 8.04. The van der Waals surface area contributed by atoms with Gasteiger partial charge in [-0.3, -0.25) is 39.6 Å². The maximum Gasteiger partial charge on any atom is 0.306 e. The lowest BCUT2D eigenvalue weighted by atomic mass is 10.2. The van der Waals surface area contributed by atoms with Crippen LogP contribution in [-0.2, 0) is 0 Å². The van der Waals surface area contributed by atoms with E-state index in [0.29, 0.717) is 0 Å². The van der Waals surface area contributed by atoms with Crippen molar-refractivity contribution < 1.29 is 4.42 Å². The molecule has 9 heteroatoms. The molecule has 0 saturated heterocycles. The van der Waals surface area contributed by atoms with Gasteiger partial charge >= 0.3 is 11.1 Å². The summed E-state index contributed by atoms with van der Waals surface area (Å²) in [5, 5.41) is 7.68. The lowest BCUT2D eigenvalue weighted by molar-refractivity contribution is 0.650. The SMILES string of the molecule is O=c1[nH][nH]c(=O)c2c1oc1c(=O)[nH][nH]c(=O)c12. The lowest BCUT2D eigenvalue weighted by Crippen LogP contribution is -2.21. The molecule has 0 unspecified atom stereocenters. The van der Waals surface area contributed by atoms with E-state index in [1.165, 1.54) is 0 Å². The van der Waals surface area contributed by atoms with Crippen molar-refractivity contribution in [1.82, 2.24) is 20.4 Å². The van der Waals surface area contributed by atoms with Gasteiger partial charge < -0.3 is 4.42 Å². The summed E-state index contributed by atoms with van der Waals surface area (Å²) in [5.41, 5.74) is -3.59. The standard InChI is InChI=1S/C8H4N4O5/c13-5-1-2-4(8(16)12-10-6(2)14)17-3(1)7(15)11-9-5/h(H,9,13)(H,10,14)(H,11,15)(H,12,16). The van der Waals surface area contributed by atoms with Gasteiger partial charge in [0.2, 0.25) is 11.2 Å². The summed E-state index contributed by atoms with van der Waals surface area (Å²) < 4.78 is 4.95. The van der Waals surface area contributed by atoms with Crippen LogP contribution in [0.15, 0.2) is 23.6 Å². The van der Waals surface area contributed by atoms with Crippen molar-refractivity contribution in [2.75, 3.05) is 0 Å². The number of hydrogen-bond acceptors (Lipinski definition) is 5. The lowest BCUT2D eigenvalue weighted by Gasteiger charge is -1.86. The molecule has 17 heavy (non-hydrogen) atoms. The highest BCUT2D eigenvalue weighted by molar-refractivity contribution is 6.02. The highest BCUT2D eigenvalue weighted by Crippen LogP contribution is 2.15. The van der Waals surface area contributed by atoms with Crippen LogP contribution in [0.3, 0.4) is 0 Å². The summed E-state index contributed by atoms with van der Waals surface area (Å²) in [4.78, 5) is 45.8. The van der Waals surface area contributed by atoms with Gasteiger partial charge in [0.15, 0.2) is 0 Å². The van der Waals surface area contributed by atoms with Crippen molar-refractivity contribution in [1.29, 1.82) is 0 Å². The van der Waals surface area contributed by atoms with Crippen LogP contribution in [0.25, 0.3) is 21.9 Å². The molecule has 0 aliphatic carbocycles. The smallest absolute Gasteiger partial charge is 0.306 e. The summed E-state index contributed by atoms with van der Waals surface area (Å²) >= 11 is 0. The Balaban J connectivity index is 2.92. The Morgan fingerprint density at radius 2 is 0.941 bits per heavy atom. The van der Waals surface area contributed by atoms with E-state index < -0.39 is 22.2 Å². The molecule has 4 N–H and O–H groups in total. The Morgan fingerprint density at radius 3 is 1.35 bits per heavy atom. The van der Waals surface area contributed by atoms with Crippen LogP contribution in [-0.4, -0.2) is 20.4 Å². The number of furan rings is 1. The van der Waals surface area contributed by atoms with Crippen molar-refractivity contribution in [2.45, 2.75) is 0 Å². The van der Waals surface area contributed by atoms with Gasteiger partial charge in [-0.15, -0.1) is 0 Å². The average molecular weight is 236 g/mol. The molecule has 0 aliphatic rings. The third-order valence-electron chi connectivity index (χ3n) is 2.35. The van der Waals surface area contributed by atoms with E-state index in [-0.39, 0.29) is 21.9 Å². The highest BCUT2D eigenvalue weighted by Gasteiger charge is 2.18. The summed E-state index contributed by atoms with van der Waals surface area (Å²) in [6.45, 7) is 0. The number of fused-ring (bicyclic) bond motifs is 3. The Morgan fingerprint density at radius 1 is 0.588 bits per heavy atom. The highest BCUT2D eigenvalue weighted by atomic mass is 16.3. The minimum atomic E-state index is -0.727. The number of aromatic nitrogens is 4. The van der Waals surface area contributed by atoms with Gasteiger partial charge in [0, 0.05) is 0 Å². The molecule has 0 amide bonds. The summed E-state index contributed by atoms with van der Waals surface area (Å²) in [6.07, 6.45) is 0. The monoisotopic (exact) mass is 236 g/mol. The van der Waals surface area contributed by atoms with Gasteiger partial charge in [-0.25, -0.2) is 0 Å². The molecule has 0 aromatic carbocycles. The molecule has 0 fully saturated rings. The number of aromatic amines is 4. The molecule has 3 aromatic rings. The molecule has 3 rings (SSSR count). The fourth-order valence-electron chi connectivity index (χ4n) is 1.65. The van der Waals surface area contributed by atoms with Crippen LogP contribution in [0.2, 0.25) is 0 Å². The minimum absolute atomic E-state index is 0.240. The maximum absolute atomic E-state index is 11.5. The fraction of sp³-hybridized carbons (Fsp3) is 0. The van der Waals surface area contributed by atoms with Gasteiger partial charge in [-0.1, -0.05) is 0 Å². The summed E-state index contributed by atoms with van der Waals surface area (Å²) in [7, 11) is 0. The second-order valence-electron chi connectivity index (χ2n) is 3.33. The maximum atomic E-state index is 11.5. The molecule has 9 nitrogen and oxygen atoms in total. The Labute approximate surface area is 89.1 Å². The molecule has 3 aromatic heterocycles. The first-order valence-corrected chi connectivity index (χ1v) is 4.47. The fourth-order valence-corrected chi connectivity index (χ4v) is 1.65. The largest absolute Gasteiger partial charge is 0.444 e. The van der Waals surface area contributed by atoms with Crippen molar-refractivity contribution in [3.63, 3.8) is 0 Å². The predicted molar refractivity (Wildman–Crippen MR) is 56.2 cm³/mol. The molecule has 0 bridgehead atoms. The molecule has 0 spiro atoms. The van der Waals surface area contributed by atoms with E-state index in [1.54, 1.807) is 0 Å². The van der Waals surface area contributed by atoms with Gasteiger partial charge in [-0.05, 0) is 0 Å². The Bertz CT molecular complexity index is 887. The third kappa shape index (κ3) is 1.07. The second kappa shape index (κ2) is 2.84.